The predicted molar refractivity (Wildman–Crippen MR) is 100 cm³/mol. The molecule has 2 saturated heterocycles. The van der Waals surface area contributed by atoms with E-state index in [0.717, 1.165) is 19.0 Å². The van der Waals surface area contributed by atoms with E-state index in [4.69, 9.17) is 16.3 Å². The lowest BCUT2D eigenvalue weighted by Crippen LogP contribution is -2.58. The molecular weight excluding hydrogens is 390 g/mol. The lowest BCUT2D eigenvalue weighted by atomic mass is 9.96. The van der Waals surface area contributed by atoms with Gasteiger partial charge < -0.3 is 14.7 Å². The average Bonchev–Trinajstić information content (AvgIpc) is 3.02. The second kappa shape index (κ2) is 8.02. The van der Waals surface area contributed by atoms with Crippen molar-refractivity contribution in [3.05, 3.63) is 38.9 Å². The number of hydrogen-bond donors (Lipinski definition) is 1. The Bertz CT molecular complexity index is 794. The molecule has 3 rings (SSSR count). The molecule has 2 fully saturated rings. The molecule has 1 N–H and O–H groups in total. The number of carboxylic acid groups (broad SMARTS) is 1. The number of hydrogen-bond acceptors (Lipinski definition) is 6. The van der Waals surface area contributed by atoms with Crippen molar-refractivity contribution in [1.82, 2.24) is 9.80 Å². The van der Waals surface area contributed by atoms with Crippen molar-refractivity contribution in [2.75, 3.05) is 26.2 Å². The molecule has 1 atom stereocenters. The minimum absolute atomic E-state index is 0.0169. The summed E-state index contributed by atoms with van der Waals surface area (Å²) < 4.78 is 5.88. The maximum Gasteiger partial charge on any atom is 0.328 e. The van der Waals surface area contributed by atoms with Crippen LogP contribution in [-0.2, 0) is 9.53 Å². The molecule has 0 bridgehead atoms. The maximum atomic E-state index is 13.2. The van der Waals surface area contributed by atoms with Gasteiger partial charge in [-0.2, -0.15) is 0 Å². The summed E-state index contributed by atoms with van der Waals surface area (Å²) in [4.78, 5) is 39.0. The predicted octanol–water partition coefficient (Wildman–Crippen LogP) is 2.38. The van der Waals surface area contributed by atoms with Gasteiger partial charge >= 0.3 is 5.97 Å². The van der Waals surface area contributed by atoms with E-state index in [2.05, 4.69) is 11.8 Å². The van der Waals surface area contributed by atoms with Crippen molar-refractivity contribution < 1.29 is 24.4 Å². The Morgan fingerprint density at radius 2 is 2.07 bits per heavy atom. The standard InChI is InChI=1S/C18H22ClN3O6/c1-2-7-20-8-5-18(6-9-20)21(15(11-28-18)17(24)25)16(23)12-3-4-13(19)14(10-12)22(26)27/h3-4,10,15H,2,5-9,11H2,1H3,(H,24,25)/t15-/m0/s1. The summed E-state index contributed by atoms with van der Waals surface area (Å²) in [5.41, 5.74) is -1.40. The summed E-state index contributed by atoms with van der Waals surface area (Å²) in [6, 6.07) is 2.59. The Balaban J connectivity index is 1.93. The van der Waals surface area contributed by atoms with Gasteiger partial charge in [-0.05, 0) is 25.1 Å². The molecule has 0 aromatic heterocycles. The molecule has 152 valence electrons. The van der Waals surface area contributed by atoms with Crippen LogP contribution >= 0.6 is 11.6 Å². The van der Waals surface area contributed by atoms with Gasteiger partial charge in [0.15, 0.2) is 6.04 Å². The topological polar surface area (TPSA) is 113 Å². The van der Waals surface area contributed by atoms with Crippen LogP contribution in [0.25, 0.3) is 0 Å². The van der Waals surface area contributed by atoms with Crippen LogP contribution in [0, 0.1) is 10.1 Å². The minimum Gasteiger partial charge on any atom is -0.480 e. The Morgan fingerprint density at radius 3 is 2.64 bits per heavy atom. The number of ether oxygens (including phenoxy) is 1. The molecule has 1 aromatic rings. The fourth-order valence-electron chi connectivity index (χ4n) is 3.92. The summed E-state index contributed by atoms with van der Waals surface area (Å²) in [6.45, 7) is 4.27. The highest BCUT2D eigenvalue weighted by molar-refractivity contribution is 6.32. The molecule has 0 radical (unpaired) electrons. The summed E-state index contributed by atoms with van der Waals surface area (Å²) >= 11 is 5.83. The molecular formula is C18H22ClN3O6. The third-order valence-corrected chi connectivity index (χ3v) is 5.65. The summed E-state index contributed by atoms with van der Waals surface area (Å²) in [5, 5.41) is 20.7. The Morgan fingerprint density at radius 1 is 1.39 bits per heavy atom. The van der Waals surface area contributed by atoms with Crippen LogP contribution in [0.2, 0.25) is 5.02 Å². The molecule has 2 aliphatic rings. The normalized spacial score (nSPS) is 21.8. The molecule has 28 heavy (non-hydrogen) atoms. The van der Waals surface area contributed by atoms with E-state index in [1.165, 1.54) is 17.0 Å². The van der Waals surface area contributed by atoms with Gasteiger partial charge in [-0.3, -0.25) is 19.8 Å². The monoisotopic (exact) mass is 411 g/mol. The van der Waals surface area contributed by atoms with E-state index in [9.17, 15) is 24.8 Å². The van der Waals surface area contributed by atoms with Crippen molar-refractivity contribution in [2.45, 2.75) is 38.0 Å². The fourth-order valence-corrected chi connectivity index (χ4v) is 4.11. The number of amides is 1. The van der Waals surface area contributed by atoms with Crippen molar-refractivity contribution in [3.63, 3.8) is 0 Å². The molecule has 0 aliphatic carbocycles. The van der Waals surface area contributed by atoms with E-state index in [1.807, 2.05) is 0 Å². The number of likely N-dealkylation sites (tertiary alicyclic amines) is 1. The summed E-state index contributed by atoms with van der Waals surface area (Å²) in [6.07, 6.45) is 1.97. The SMILES string of the molecule is CCCN1CCC2(CC1)OC[C@@H](C(=O)O)N2C(=O)c1ccc(Cl)c([N+](=O)[O-])c1. The summed E-state index contributed by atoms with van der Waals surface area (Å²) in [5.74, 6) is -1.77. The van der Waals surface area contributed by atoms with E-state index in [-0.39, 0.29) is 17.2 Å². The lowest BCUT2D eigenvalue weighted by molar-refractivity contribution is -0.384. The smallest absolute Gasteiger partial charge is 0.328 e. The molecule has 1 amide bonds. The number of rotatable bonds is 5. The number of benzene rings is 1. The highest BCUT2D eigenvalue weighted by atomic mass is 35.5. The Labute approximate surface area is 167 Å². The Kier molecular flexibility index (Phi) is 5.87. The zero-order valence-electron chi connectivity index (χ0n) is 15.5. The molecule has 2 aliphatic heterocycles. The zero-order chi connectivity index (χ0) is 20.5. The zero-order valence-corrected chi connectivity index (χ0v) is 16.2. The maximum absolute atomic E-state index is 13.2. The third-order valence-electron chi connectivity index (χ3n) is 5.33. The average molecular weight is 412 g/mol. The van der Waals surface area contributed by atoms with E-state index in [1.54, 1.807) is 0 Å². The minimum atomic E-state index is -1.16. The number of carbonyl (C=O) groups is 2. The van der Waals surface area contributed by atoms with Crippen LogP contribution in [0.4, 0.5) is 5.69 Å². The first-order chi connectivity index (χ1) is 13.3. The van der Waals surface area contributed by atoms with Gasteiger partial charge in [-0.15, -0.1) is 0 Å². The third kappa shape index (κ3) is 3.69. The van der Waals surface area contributed by atoms with Gasteiger partial charge in [0.2, 0.25) is 0 Å². The summed E-state index contributed by atoms with van der Waals surface area (Å²) in [7, 11) is 0. The first kappa shape index (κ1) is 20.5. The second-order valence-electron chi connectivity index (χ2n) is 7.05. The van der Waals surface area contributed by atoms with Crippen molar-refractivity contribution in [2.24, 2.45) is 0 Å². The van der Waals surface area contributed by atoms with Gasteiger partial charge in [0, 0.05) is 37.6 Å². The van der Waals surface area contributed by atoms with E-state index in [0.29, 0.717) is 25.9 Å². The van der Waals surface area contributed by atoms with Crippen LogP contribution in [0.5, 0.6) is 0 Å². The molecule has 1 spiro atoms. The van der Waals surface area contributed by atoms with Crippen molar-refractivity contribution in [1.29, 1.82) is 0 Å². The van der Waals surface area contributed by atoms with Gasteiger partial charge in [0.25, 0.3) is 11.6 Å². The highest BCUT2D eigenvalue weighted by Gasteiger charge is 2.54. The van der Waals surface area contributed by atoms with Crippen LogP contribution < -0.4 is 0 Å². The highest BCUT2D eigenvalue weighted by Crippen LogP contribution is 2.39. The number of halogens is 1. The molecule has 0 unspecified atom stereocenters. The van der Waals surface area contributed by atoms with Crippen molar-refractivity contribution in [3.8, 4) is 0 Å². The largest absolute Gasteiger partial charge is 0.480 e. The van der Waals surface area contributed by atoms with Gasteiger partial charge in [0.1, 0.15) is 10.7 Å². The molecule has 2 heterocycles. The number of carboxylic acids is 1. The second-order valence-corrected chi connectivity index (χ2v) is 7.46. The lowest BCUT2D eigenvalue weighted by Gasteiger charge is -2.44. The molecule has 1 aromatic carbocycles. The van der Waals surface area contributed by atoms with Gasteiger partial charge in [-0.25, -0.2) is 4.79 Å². The first-order valence-electron chi connectivity index (χ1n) is 9.16. The fraction of sp³-hybridized carbons (Fsp3) is 0.556. The van der Waals surface area contributed by atoms with Crippen LogP contribution in [0.3, 0.4) is 0 Å². The van der Waals surface area contributed by atoms with Crippen LogP contribution in [0.15, 0.2) is 18.2 Å². The quantitative estimate of drug-likeness (QED) is 0.584. The number of carbonyl (C=O) groups excluding carboxylic acids is 1. The molecule has 10 heteroatoms. The van der Waals surface area contributed by atoms with Gasteiger partial charge in [-0.1, -0.05) is 18.5 Å². The molecule has 0 saturated carbocycles. The van der Waals surface area contributed by atoms with Crippen LogP contribution in [0.1, 0.15) is 36.5 Å². The first-order valence-corrected chi connectivity index (χ1v) is 9.53. The number of nitro benzene ring substituents is 1. The van der Waals surface area contributed by atoms with E-state index >= 15 is 0 Å². The number of nitro groups is 1. The number of nitrogens with zero attached hydrogens (tertiary/aromatic N) is 3. The van der Waals surface area contributed by atoms with Gasteiger partial charge in [0.05, 0.1) is 11.5 Å². The van der Waals surface area contributed by atoms with Crippen molar-refractivity contribution >= 4 is 29.2 Å². The molecule has 9 nitrogen and oxygen atoms in total. The number of piperidine rings is 1. The van der Waals surface area contributed by atoms with E-state index < -0.39 is 34.3 Å². The Hall–Kier alpha value is -2.23. The number of aliphatic carboxylic acids is 1. The van der Waals surface area contributed by atoms with Crippen LogP contribution in [-0.4, -0.2) is 69.7 Å².